The maximum atomic E-state index is 13.2. The van der Waals surface area contributed by atoms with Gasteiger partial charge in [-0.1, -0.05) is 41.6 Å². The number of benzene rings is 2. The molecule has 27 heavy (non-hydrogen) atoms. The van der Waals surface area contributed by atoms with Gasteiger partial charge in [-0.15, -0.1) is 0 Å². The number of aryl methyl sites for hydroxylation is 1. The number of imidazole rings is 1. The highest BCUT2D eigenvalue weighted by Crippen LogP contribution is 2.33. The van der Waals surface area contributed by atoms with Crippen molar-refractivity contribution in [2.75, 3.05) is 6.61 Å². The van der Waals surface area contributed by atoms with E-state index in [1.165, 1.54) is 13.0 Å². The number of hydrogen-bond donors (Lipinski definition) is 0. The quantitative estimate of drug-likeness (QED) is 0.347. The van der Waals surface area contributed by atoms with Crippen LogP contribution in [-0.2, 0) is 10.0 Å². The summed E-state index contributed by atoms with van der Waals surface area (Å²) in [6.07, 6.45) is 2.81. The van der Waals surface area contributed by atoms with Gasteiger partial charge in [-0.25, -0.2) is 4.98 Å². The lowest BCUT2D eigenvalue weighted by molar-refractivity contribution is -0.390. The lowest BCUT2D eigenvalue weighted by Gasteiger charge is -2.12. The molecule has 0 radical (unpaired) electrons. The van der Waals surface area contributed by atoms with Gasteiger partial charge in [0.2, 0.25) is 5.82 Å². The van der Waals surface area contributed by atoms with Gasteiger partial charge in [0, 0.05) is 17.7 Å². The molecule has 0 bridgehead atoms. The lowest BCUT2D eigenvalue weighted by atomic mass is 10.1. The average Bonchev–Trinajstić information content (AvgIpc) is 3.04. The maximum Gasteiger partial charge on any atom is 0.358 e. The van der Waals surface area contributed by atoms with Crippen LogP contribution in [0, 0.1) is 17.0 Å². The Balaban J connectivity index is 2.19. The molecule has 0 spiro atoms. The fourth-order valence-electron chi connectivity index (χ4n) is 2.86. The third-order valence-electron chi connectivity index (χ3n) is 4.17. The molecule has 0 aliphatic heterocycles. The van der Waals surface area contributed by atoms with Crippen LogP contribution in [0.1, 0.15) is 25.6 Å². The minimum atomic E-state index is -4.21. The van der Waals surface area contributed by atoms with Crippen LogP contribution in [0.4, 0.5) is 5.82 Å². The second-order valence-electron chi connectivity index (χ2n) is 6.00. The van der Waals surface area contributed by atoms with E-state index in [1.54, 1.807) is 30.3 Å². The number of aromatic nitrogens is 2. The summed E-state index contributed by atoms with van der Waals surface area (Å²) in [5.74, 6) is 0.00348. The van der Waals surface area contributed by atoms with Crippen LogP contribution in [0.2, 0.25) is 0 Å². The number of ether oxygens (including phenoxy) is 1. The minimum absolute atomic E-state index is 0.0223. The second kappa shape index (κ2) is 7.36. The number of fused-ring (bicyclic) bond motifs is 1. The van der Waals surface area contributed by atoms with Crippen LogP contribution < -0.4 is 4.74 Å². The van der Waals surface area contributed by atoms with Gasteiger partial charge >= 0.3 is 15.8 Å². The fourth-order valence-corrected chi connectivity index (χ4v) is 4.51. The molecule has 0 unspecified atom stereocenters. The van der Waals surface area contributed by atoms with Crippen molar-refractivity contribution < 1.29 is 18.1 Å². The molecule has 0 atom stereocenters. The molecule has 0 aliphatic rings. The van der Waals surface area contributed by atoms with Gasteiger partial charge in [-0.3, -0.25) is 0 Å². The van der Waals surface area contributed by atoms with Gasteiger partial charge in [-0.2, -0.15) is 8.42 Å². The topological polar surface area (TPSA) is 104 Å². The number of unbranched alkanes of at least 4 members (excludes halogenated alkanes) is 1. The molecule has 2 aromatic carbocycles. The van der Waals surface area contributed by atoms with E-state index in [4.69, 9.17) is 4.74 Å². The van der Waals surface area contributed by atoms with Gasteiger partial charge in [-0.05, 0) is 23.5 Å². The van der Waals surface area contributed by atoms with E-state index in [0.717, 1.165) is 19.0 Å². The molecule has 0 saturated carbocycles. The normalized spacial score (nSPS) is 11.6. The molecule has 9 heteroatoms. The number of rotatable bonds is 7. The second-order valence-corrected chi connectivity index (χ2v) is 7.75. The van der Waals surface area contributed by atoms with E-state index in [1.807, 2.05) is 0 Å². The molecule has 1 heterocycles. The Hall–Kier alpha value is -2.94. The summed E-state index contributed by atoms with van der Waals surface area (Å²) in [4.78, 5) is 14.2. The largest absolute Gasteiger partial charge is 0.493 e. The van der Waals surface area contributed by atoms with Crippen LogP contribution in [-0.4, -0.2) is 28.9 Å². The zero-order valence-electron chi connectivity index (χ0n) is 15.0. The molecule has 0 saturated heterocycles. The number of hydrogen-bond acceptors (Lipinski definition) is 6. The molecule has 142 valence electrons. The first-order chi connectivity index (χ1) is 12.9. The van der Waals surface area contributed by atoms with Crippen molar-refractivity contribution in [2.45, 2.75) is 31.6 Å². The fraction of sp³-hybridized carbons (Fsp3) is 0.278. The van der Waals surface area contributed by atoms with Gasteiger partial charge in [0.15, 0.2) is 0 Å². The van der Waals surface area contributed by atoms with Crippen LogP contribution in [0.5, 0.6) is 5.75 Å². The average molecular weight is 389 g/mol. The van der Waals surface area contributed by atoms with Crippen molar-refractivity contribution in [1.29, 1.82) is 0 Å². The highest BCUT2D eigenvalue weighted by atomic mass is 32.2. The molecule has 3 aromatic rings. The summed E-state index contributed by atoms with van der Waals surface area (Å²) in [6, 6.07) is 9.94. The first-order valence-corrected chi connectivity index (χ1v) is 9.90. The van der Waals surface area contributed by atoms with Gasteiger partial charge in [0.1, 0.15) is 16.8 Å². The van der Waals surface area contributed by atoms with Crippen molar-refractivity contribution in [3.8, 4) is 5.75 Å². The van der Waals surface area contributed by atoms with E-state index < -0.39 is 20.8 Å². The standard InChI is InChI=1S/C18H19N3O5S/c1-3-4-11-26-16-9-10-17(15-8-6-5-7-14(15)16)27(24,25)20-13(2)19-12-18(20)21(22)23/h5-10,12H,3-4,11H2,1-2H3. The van der Waals surface area contributed by atoms with Crippen molar-refractivity contribution >= 4 is 26.6 Å². The molecule has 8 nitrogen and oxygen atoms in total. The zero-order chi connectivity index (χ0) is 19.6. The highest BCUT2D eigenvalue weighted by molar-refractivity contribution is 7.90. The Labute approximate surface area is 156 Å². The smallest absolute Gasteiger partial charge is 0.358 e. The summed E-state index contributed by atoms with van der Waals surface area (Å²) in [7, 11) is -4.21. The summed E-state index contributed by atoms with van der Waals surface area (Å²) in [6.45, 7) is 3.99. The SMILES string of the molecule is CCCCOc1ccc(S(=O)(=O)n2c([N+](=O)[O-])cnc2C)c2ccccc12. The maximum absolute atomic E-state index is 13.2. The summed E-state index contributed by atoms with van der Waals surface area (Å²) in [5.41, 5.74) is 0. The van der Waals surface area contributed by atoms with Crippen molar-refractivity contribution in [3.63, 3.8) is 0 Å². The molecule has 0 N–H and O–H groups in total. The molecule has 3 rings (SSSR count). The Morgan fingerprint density at radius 3 is 2.56 bits per heavy atom. The first-order valence-electron chi connectivity index (χ1n) is 8.46. The Bertz CT molecular complexity index is 1110. The van der Waals surface area contributed by atoms with E-state index in [-0.39, 0.29) is 10.7 Å². The van der Waals surface area contributed by atoms with Crippen LogP contribution >= 0.6 is 0 Å². The summed E-state index contributed by atoms with van der Waals surface area (Å²) < 4.78 is 32.8. The van der Waals surface area contributed by atoms with E-state index in [0.29, 0.717) is 27.1 Å². The van der Waals surface area contributed by atoms with Crippen molar-refractivity contribution in [1.82, 2.24) is 8.96 Å². The van der Waals surface area contributed by atoms with E-state index >= 15 is 0 Å². The first kappa shape index (κ1) is 18.8. The Morgan fingerprint density at radius 1 is 1.19 bits per heavy atom. The Kier molecular flexibility index (Phi) is 5.13. The summed E-state index contributed by atoms with van der Waals surface area (Å²) in [5, 5.41) is 12.3. The third kappa shape index (κ3) is 3.37. The number of nitrogens with zero attached hydrogens (tertiary/aromatic N) is 3. The van der Waals surface area contributed by atoms with Crippen molar-refractivity contribution in [2.24, 2.45) is 0 Å². The van der Waals surface area contributed by atoms with Crippen LogP contribution in [0.3, 0.4) is 0 Å². The summed E-state index contributed by atoms with van der Waals surface area (Å²) >= 11 is 0. The highest BCUT2D eigenvalue weighted by Gasteiger charge is 2.33. The van der Waals surface area contributed by atoms with E-state index in [9.17, 15) is 18.5 Å². The molecule has 0 amide bonds. The van der Waals surface area contributed by atoms with Crippen LogP contribution in [0.25, 0.3) is 10.8 Å². The monoisotopic (exact) mass is 389 g/mol. The molecule has 0 aliphatic carbocycles. The zero-order valence-corrected chi connectivity index (χ0v) is 15.8. The van der Waals surface area contributed by atoms with Gasteiger partial charge in [0.05, 0.1) is 6.61 Å². The van der Waals surface area contributed by atoms with Crippen LogP contribution in [0.15, 0.2) is 47.5 Å². The Morgan fingerprint density at radius 2 is 1.89 bits per heavy atom. The number of nitro groups is 1. The molecule has 1 aromatic heterocycles. The lowest BCUT2D eigenvalue weighted by Crippen LogP contribution is -2.17. The minimum Gasteiger partial charge on any atom is -0.493 e. The van der Waals surface area contributed by atoms with E-state index in [2.05, 4.69) is 11.9 Å². The predicted molar refractivity (Wildman–Crippen MR) is 101 cm³/mol. The molecular weight excluding hydrogens is 370 g/mol. The third-order valence-corrected chi connectivity index (χ3v) is 6.02. The van der Waals surface area contributed by atoms with Gasteiger partial charge < -0.3 is 14.9 Å². The predicted octanol–water partition coefficient (Wildman–Crippen LogP) is 3.67. The van der Waals surface area contributed by atoms with Gasteiger partial charge in [0.25, 0.3) is 0 Å². The van der Waals surface area contributed by atoms with Crippen molar-refractivity contribution in [3.05, 3.63) is 58.5 Å². The molecule has 0 fully saturated rings. The molecular formula is C18H19N3O5S.